The molecule has 27 heavy (non-hydrogen) atoms. The minimum atomic E-state index is -3.72. The second-order valence-electron chi connectivity index (χ2n) is 6.36. The van der Waals surface area contributed by atoms with Gasteiger partial charge in [0, 0.05) is 26.2 Å². The van der Waals surface area contributed by atoms with Crippen molar-refractivity contribution in [2.24, 2.45) is 5.73 Å². The van der Waals surface area contributed by atoms with Gasteiger partial charge in [0.1, 0.15) is 0 Å². The largest absolute Gasteiger partial charge is 0.452 e. The first-order valence-electron chi connectivity index (χ1n) is 9.15. The molecule has 1 fully saturated rings. The number of esters is 1. The maximum Gasteiger partial charge on any atom is 0.340 e. The highest BCUT2D eigenvalue weighted by Gasteiger charge is 2.26. The standard InChI is InChI=1S/C18H27N3O5S/c1-3-21(4-2)27(24,25)14-8-9-16(20-10-6-5-7-11-20)15(12-14)18(23)26-13-17(19)22/h8-9,12H,3-7,10-11,13H2,1-2H3,(H2,19,22). The highest BCUT2D eigenvalue weighted by atomic mass is 32.2. The Balaban J connectivity index is 2.46. The van der Waals surface area contributed by atoms with E-state index in [0.29, 0.717) is 18.8 Å². The first-order chi connectivity index (χ1) is 12.8. The molecule has 1 aromatic rings. The molecule has 1 aliphatic rings. The third-order valence-electron chi connectivity index (χ3n) is 4.57. The van der Waals surface area contributed by atoms with E-state index in [1.54, 1.807) is 19.9 Å². The van der Waals surface area contributed by atoms with E-state index in [0.717, 1.165) is 32.4 Å². The zero-order valence-electron chi connectivity index (χ0n) is 15.8. The lowest BCUT2D eigenvalue weighted by Crippen LogP contribution is -2.33. The Kier molecular flexibility index (Phi) is 7.20. The third-order valence-corrected chi connectivity index (χ3v) is 6.62. The quantitative estimate of drug-likeness (QED) is 0.663. The Morgan fingerprint density at radius 1 is 1.15 bits per heavy atom. The van der Waals surface area contributed by atoms with Crippen LogP contribution < -0.4 is 10.6 Å². The van der Waals surface area contributed by atoms with Crippen LogP contribution in [0.4, 0.5) is 5.69 Å². The molecule has 0 bridgehead atoms. The normalized spacial score (nSPS) is 15.0. The minimum Gasteiger partial charge on any atom is -0.452 e. The van der Waals surface area contributed by atoms with Crippen molar-refractivity contribution in [2.45, 2.75) is 38.0 Å². The van der Waals surface area contributed by atoms with Gasteiger partial charge in [-0.15, -0.1) is 0 Å². The van der Waals surface area contributed by atoms with Gasteiger partial charge in [-0.05, 0) is 37.5 Å². The smallest absolute Gasteiger partial charge is 0.340 e. The van der Waals surface area contributed by atoms with Crippen LogP contribution in [0.15, 0.2) is 23.1 Å². The number of ether oxygens (including phenoxy) is 1. The summed E-state index contributed by atoms with van der Waals surface area (Å²) in [5, 5.41) is 0. The van der Waals surface area contributed by atoms with Gasteiger partial charge in [-0.1, -0.05) is 13.8 Å². The molecule has 150 valence electrons. The van der Waals surface area contributed by atoms with E-state index in [1.165, 1.54) is 16.4 Å². The molecule has 1 saturated heterocycles. The third kappa shape index (κ3) is 4.98. The minimum absolute atomic E-state index is 0.0259. The van der Waals surface area contributed by atoms with Crippen molar-refractivity contribution < 1.29 is 22.7 Å². The summed E-state index contributed by atoms with van der Waals surface area (Å²) in [5.41, 5.74) is 5.79. The number of nitrogens with two attached hydrogens (primary N) is 1. The summed E-state index contributed by atoms with van der Waals surface area (Å²) < 4.78 is 31.9. The lowest BCUT2D eigenvalue weighted by Gasteiger charge is -2.30. The molecule has 0 saturated carbocycles. The molecule has 1 amide bonds. The highest BCUT2D eigenvalue weighted by molar-refractivity contribution is 7.89. The predicted octanol–water partition coefficient (Wildman–Crippen LogP) is 1.35. The van der Waals surface area contributed by atoms with Crippen LogP contribution in [0.2, 0.25) is 0 Å². The zero-order valence-corrected chi connectivity index (χ0v) is 16.6. The van der Waals surface area contributed by atoms with Crippen LogP contribution >= 0.6 is 0 Å². The molecule has 0 atom stereocenters. The Morgan fingerprint density at radius 3 is 2.33 bits per heavy atom. The molecule has 0 spiro atoms. The predicted molar refractivity (Wildman–Crippen MR) is 102 cm³/mol. The van der Waals surface area contributed by atoms with Gasteiger partial charge in [0.25, 0.3) is 5.91 Å². The van der Waals surface area contributed by atoms with Crippen LogP contribution in [-0.4, -0.2) is 57.4 Å². The van der Waals surface area contributed by atoms with Crippen LogP contribution in [0.3, 0.4) is 0 Å². The molecule has 1 heterocycles. The number of amides is 1. The molecule has 2 rings (SSSR count). The molecule has 0 radical (unpaired) electrons. The maximum absolute atomic E-state index is 12.8. The fourth-order valence-electron chi connectivity index (χ4n) is 3.18. The fraction of sp³-hybridized carbons (Fsp3) is 0.556. The summed E-state index contributed by atoms with van der Waals surface area (Å²) >= 11 is 0. The van der Waals surface area contributed by atoms with Gasteiger partial charge in [-0.3, -0.25) is 4.79 Å². The fourth-order valence-corrected chi connectivity index (χ4v) is 4.66. The number of nitrogens with zero attached hydrogens (tertiary/aromatic N) is 2. The Hall–Kier alpha value is -2.13. The number of carbonyl (C=O) groups excluding carboxylic acids is 2. The molecular formula is C18H27N3O5S. The van der Waals surface area contributed by atoms with Gasteiger partial charge in [-0.2, -0.15) is 4.31 Å². The second-order valence-corrected chi connectivity index (χ2v) is 8.30. The highest BCUT2D eigenvalue weighted by Crippen LogP contribution is 2.28. The van der Waals surface area contributed by atoms with Gasteiger partial charge in [-0.25, -0.2) is 13.2 Å². The number of benzene rings is 1. The van der Waals surface area contributed by atoms with Crippen molar-refractivity contribution in [3.05, 3.63) is 23.8 Å². The molecule has 1 aliphatic heterocycles. The maximum atomic E-state index is 12.8. The second kappa shape index (κ2) is 9.18. The van der Waals surface area contributed by atoms with Crippen LogP contribution in [0.1, 0.15) is 43.5 Å². The summed E-state index contributed by atoms with van der Waals surface area (Å²) in [5.74, 6) is -1.53. The van der Waals surface area contributed by atoms with Crippen molar-refractivity contribution in [1.82, 2.24) is 4.31 Å². The van der Waals surface area contributed by atoms with Gasteiger partial charge in [0.15, 0.2) is 6.61 Å². The van der Waals surface area contributed by atoms with Crippen molar-refractivity contribution in [2.75, 3.05) is 37.7 Å². The van der Waals surface area contributed by atoms with E-state index < -0.39 is 28.5 Å². The Bertz CT molecular complexity index is 784. The molecular weight excluding hydrogens is 370 g/mol. The van der Waals surface area contributed by atoms with Crippen LogP contribution in [0.5, 0.6) is 0 Å². The van der Waals surface area contributed by atoms with E-state index in [-0.39, 0.29) is 10.5 Å². The number of hydrogen-bond acceptors (Lipinski definition) is 6. The van der Waals surface area contributed by atoms with Crippen LogP contribution in [0.25, 0.3) is 0 Å². The average Bonchev–Trinajstić information content (AvgIpc) is 2.67. The summed E-state index contributed by atoms with van der Waals surface area (Å²) in [6.45, 7) is 5.17. The summed E-state index contributed by atoms with van der Waals surface area (Å²) in [7, 11) is -3.72. The summed E-state index contributed by atoms with van der Waals surface area (Å²) in [6, 6.07) is 4.49. The Morgan fingerprint density at radius 2 is 1.78 bits per heavy atom. The number of hydrogen-bond donors (Lipinski definition) is 1. The number of primary amides is 1. The molecule has 1 aromatic carbocycles. The number of piperidine rings is 1. The van der Waals surface area contributed by atoms with Crippen LogP contribution in [-0.2, 0) is 19.6 Å². The van der Waals surface area contributed by atoms with E-state index in [4.69, 9.17) is 10.5 Å². The van der Waals surface area contributed by atoms with Gasteiger partial charge < -0.3 is 15.4 Å². The SMILES string of the molecule is CCN(CC)S(=O)(=O)c1ccc(N2CCCCC2)c(C(=O)OCC(N)=O)c1. The lowest BCUT2D eigenvalue weighted by molar-refractivity contribution is -0.121. The topological polar surface area (TPSA) is 110 Å². The molecule has 0 aromatic heterocycles. The molecule has 8 nitrogen and oxygen atoms in total. The van der Waals surface area contributed by atoms with E-state index in [1.807, 2.05) is 4.90 Å². The number of sulfonamides is 1. The molecule has 0 unspecified atom stereocenters. The van der Waals surface area contributed by atoms with Gasteiger partial charge >= 0.3 is 5.97 Å². The number of anilines is 1. The van der Waals surface area contributed by atoms with E-state index in [9.17, 15) is 18.0 Å². The lowest BCUT2D eigenvalue weighted by atomic mass is 10.1. The van der Waals surface area contributed by atoms with E-state index >= 15 is 0 Å². The van der Waals surface area contributed by atoms with Gasteiger partial charge in [0.2, 0.25) is 10.0 Å². The Labute approximate surface area is 160 Å². The van der Waals surface area contributed by atoms with Gasteiger partial charge in [0.05, 0.1) is 16.1 Å². The van der Waals surface area contributed by atoms with Crippen molar-refractivity contribution in [3.8, 4) is 0 Å². The van der Waals surface area contributed by atoms with Crippen molar-refractivity contribution in [1.29, 1.82) is 0 Å². The number of rotatable bonds is 8. The molecule has 9 heteroatoms. The van der Waals surface area contributed by atoms with Crippen molar-refractivity contribution >= 4 is 27.6 Å². The first kappa shape index (κ1) is 21.2. The molecule has 0 aliphatic carbocycles. The summed E-state index contributed by atoms with van der Waals surface area (Å²) in [4.78, 5) is 25.5. The zero-order chi connectivity index (χ0) is 20.0. The summed E-state index contributed by atoms with van der Waals surface area (Å²) in [6.07, 6.45) is 3.11. The van der Waals surface area contributed by atoms with Crippen LogP contribution in [0, 0.1) is 0 Å². The first-order valence-corrected chi connectivity index (χ1v) is 10.6. The monoisotopic (exact) mass is 397 g/mol. The molecule has 2 N–H and O–H groups in total. The number of carbonyl (C=O) groups is 2. The average molecular weight is 397 g/mol. The van der Waals surface area contributed by atoms with Crippen molar-refractivity contribution in [3.63, 3.8) is 0 Å². The van der Waals surface area contributed by atoms with E-state index in [2.05, 4.69) is 0 Å².